The molecule has 0 bridgehead atoms. The first-order valence-corrected chi connectivity index (χ1v) is 7.52. The van der Waals surface area contributed by atoms with Crippen molar-refractivity contribution < 1.29 is 23.4 Å². The van der Waals surface area contributed by atoms with Crippen LogP contribution in [0.4, 0.5) is 13.6 Å². The summed E-state index contributed by atoms with van der Waals surface area (Å²) in [5, 5.41) is 11.6. The molecule has 1 unspecified atom stereocenters. The van der Waals surface area contributed by atoms with Gasteiger partial charge in [-0.25, -0.2) is 13.6 Å². The molecule has 0 heterocycles. The number of benzene rings is 2. The van der Waals surface area contributed by atoms with Crippen LogP contribution < -0.4 is 5.32 Å². The Kier molecular flexibility index (Phi) is 6.26. The zero-order valence-corrected chi connectivity index (χ0v) is 13.0. The molecule has 0 aliphatic carbocycles. The van der Waals surface area contributed by atoms with Crippen LogP contribution in [0.15, 0.2) is 54.6 Å². The molecule has 0 saturated heterocycles. The van der Waals surface area contributed by atoms with Crippen LogP contribution in [0, 0.1) is 5.82 Å². The molecule has 0 saturated carbocycles. The predicted octanol–water partition coefficient (Wildman–Crippen LogP) is 3.30. The highest BCUT2D eigenvalue weighted by Crippen LogP contribution is 2.28. The van der Waals surface area contributed by atoms with E-state index in [1.54, 1.807) is 24.3 Å². The van der Waals surface area contributed by atoms with Crippen molar-refractivity contribution in [3.63, 3.8) is 0 Å². The van der Waals surface area contributed by atoms with Gasteiger partial charge in [0.1, 0.15) is 24.6 Å². The fraction of sp³-hybridized carbons (Fsp3) is 0.278. The SMILES string of the molecule is O=C(NC(CF)(CCO)c1ccccc1F)OCc1ccccc1. The largest absolute Gasteiger partial charge is 0.445 e. The second-order valence-electron chi connectivity index (χ2n) is 5.36. The van der Waals surface area contributed by atoms with Crippen LogP contribution in [0.3, 0.4) is 0 Å². The van der Waals surface area contributed by atoms with Crippen LogP contribution in [0.5, 0.6) is 0 Å². The van der Waals surface area contributed by atoms with Gasteiger partial charge in [0.25, 0.3) is 0 Å². The van der Waals surface area contributed by atoms with Crippen molar-refractivity contribution in [2.24, 2.45) is 0 Å². The molecule has 0 fully saturated rings. The fourth-order valence-electron chi connectivity index (χ4n) is 2.43. The highest BCUT2D eigenvalue weighted by atomic mass is 19.1. The molecule has 2 N–H and O–H groups in total. The number of hydrogen-bond donors (Lipinski definition) is 2. The third-order valence-electron chi connectivity index (χ3n) is 3.71. The van der Waals surface area contributed by atoms with E-state index in [1.165, 1.54) is 24.3 Å². The van der Waals surface area contributed by atoms with Gasteiger partial charge in [-0.2, -0.15) is 0 Å². The number of carbonyl (C=O) groups excluding carboxylic acids is 1. The lowest BCUT2D eigenvalue weighted by molar-refractivity contribution is 0.109. The minimum atomic E-state index is -1.67. The molecule has 2 aromatic rings. The molecular formula is C18H19F2NO3. The van der Waals surface area contributed by atoms with Gasteiger partial charge in [-0.15, -0.1) is 0 Å². The van der Waals surface area contributed by atoms with Crippen LogP contribution >= 0.6 is 0 Å². The number of alkyl halides is 1. The maximum Gasteiger partial charge on any atom is 0.408 e. The third-order valence-corrected chi connectivity index (χ3v) is 3.71. The Morgan fingerprint density at radius 3 is 2.42 bits per heavy atom. The quantitative estimate of drug-likeness (QED) is 0.816. The van der Waals surface area contributed by atoms with E-state index in [0.717, 1.165) is 5.56 Å². The summed E-state index contributed by atoms with van der Waals surface area (Å²) in [5.74, 6) is -0.660. The second-order valence-corrected chi connectivity index (χ2v) is 5.36. The van der Waals surface area contributed by atoms with Gasteiger partial charge in [0.2, 0.25) is 0 Å². The lowest BCUT2D eigenvalue weighted by Crippen LogP contribution is -2.49. The molecule has 128 valence electrons. The van der Waals surface area contributed by atoms with Crippen molar-refractivity contribution in [1.29, 1.82) is 0 Å². The summed E-state index contributed by atoms with van der Waals surface area (Å²) < 4.78 is 32.9. The highest BCUT2D eigenvalue weighted by Gasteiger charge is 2.36. The van der Waals surface area contributed by atoms with E-state index in [2.05, 4.69) is 5.32 Å². The Bertz CT molecular complexity index is 666. The summed E-state index contributed by atoms with van der Waals surface area (Å²) in [5.41, 5.74) is -0.932. The van der Waals surface area contributed by atoms with E-state index in [4.69, 9.17) is 4.74 Å². The lowest BCUT2D eigenvalue weighted by atomic mass is 9.87. The van der Waals surface area contributed by atoms with Crippen LogP contribution in [0.25, 0.3) is 0 Å². The molecule has 4 nitrogen and oxygen atoms in total. The molecule has 1 amide bonds. The zero-order chi connectivity index (χ0) is 17.4. The summed E-state index contributed by atoms with van der Waals surface area (Å²) in [6.45, 7) is -1.49. The minimum absolute atomic E-state index is 0.00539. The van der Waals surface area contributed by atoms with Crippen molar-refractivity contribution in [1.82, 2.24) is 5.32 Å². The Labute approximate surface area is 139 Å². The molecule has 2 aromatic carbocycles. The maximum absolute atomic E-state index is 14.1. The van der Waals surface area contributed by atoms with E-state index >= 15 is 0 Å². The van der Waals surface area contributed by atoms with E-state index in [9.17, 15) is 18.7 Å². The number of aliphatic hydroxyl groups is 1. The summed E-state index contributed by atoms with van der Waals surface area (Å²) >= 11 is 0. The predicted molar refractivity (Wildman–Crippen MR) is 85.5 cm³/mol. The number of carbonyl (C=O) groups is 1. The Hall–Kier alpha value is -2.47. The van der Waals surface area contributed by atoms with Crippen LogP contribution in [-0.2, 0) is 16.9 Å². The molecule has 2 rings (SSSR count). The molecule has 0 aromatic heterocycles. The van der Waals surface area contributed by atoms with Crippen molar-refractivity contribution >= 4 is 6.09 Å². The molecule has 0 aliphatic rings. The zero-order valence-electron chi connectivity index (χ0n) is 13.0. The fourth-order valence-corrected chi connectivity index (χ4v) is 2.43. The lowest BCUT2D eigenvalue weighted by Gasteiger charge is -2.32. The molecular weight excluding hydrogens is 316 g/mol. The second kappa shape index (κ2) is 8.40. The first kappa shape index (κ1) is 17.9. The molecule has 0 spiro atoms. The van der Waals surface area contributed by atoms with Gasteiger partial charge >= 0.3 is 6.09 Å². The number of aliphatic hydroxyl groups excluding tert-OH is 1. The van der Waals surface area contributed by atoms with Gasteiger partial charge in [0.05, 0.1) is 0 Å². The van der Waals surface area contributed by atoms with Crippen molar-refractivity contribution in [3.05, 3.63) is 71.5 Å². The van der Waals surface area contributed by atoms with Gasteiger partial charge in [0.15, 0.2) is 0 Å². The Morgan fingerprint density at radius 2 is 1.79 bits per heavy atom. The van der Waals surface area contributed by atoms with Crippen LogP contribution in [0.1, 0.15) is 17.5 Å². The third kappa shape index (κ3) is 4.29. The van der Waals surface area contributed by atoms with Gasteiger partial charge < -0.3 is 15.2 Å². The standard InChI is InChI=1S/C18H19F2NO3/c19-13-18(10-11-22,15-8-4-5-9-16(15)20)21-17(23)24-12-14-6-2-1-3-7-14/h1-9,22H,10-13H2,(H,21,23). The maximum atomic E-state index is 14.1. The monoisotopic (exact) mass is 335 g/mol. The van der Waals surface area contributed by atoms with Crippen molar-refractivity contribution in [2.45, 2.75) is 18.6 Å². The van der Waals surface area contributed by atoms with Gasteiger partial charge in [-0.05, 0) is 11.6 Å². The first-order valence-electron chi connectivity index (χ1n) is 7.52. The number of hydrogen-bond acceptors (Lipinski definition) is 3. The molecule has 0 aliphatic heterocycles. The summed E-state index contributed by atoms with van der Waals surface area (Å²) in [4.78, 5) is 12.0. The number of nitrogens with one attached hydrogen (secondary N) is 1. The normalized spacial score (nSPS) is 13.1. The molecule has 24 heavy (non-hydrogen) atoms. The number of amides is 1. The van der Waals surface area contributed by atoms with Gasteiger partial charge in [-0.3, -0.25) is 0 Å². The van der Waals surface area contributed by atoms with Crippen molar-refractivity contribution in [2.75, 3.05) is 13.3 Å². The van der Waals surface area contributed by atoms with E-state index < -0.39 is 30.7 Å². The summed E-state index contributed by atoms with van der Waals surface area (Å²) in [6.07, 6.45) is -1.06. The van der Waals surface area contributed by atoms with Gasteiger partial charge in [0, 0.05) is 18.6 Å². The van der Waals surface area contributed by atoms with E-state index in [0.29, 0.717) is 0 Å². The van der Waals surface area contributed by atoms with E-state index in [1.807, 2.05) is 6.07 Å². The number of rotatable bonds is 7. The highest BCUT2D eigenvalue weighted by molar-refractivity contribution is 5.69. The Morgan fingerprint density at radius 1 is 1.12 bits per heavy atom. The summed E-state index contributed by atoms with van der Waals surface area (Å²) in [6, 6.07) is 14.5. The average Bonchev–Trinajstić information content (AvgIpc) is 2.61. The average molecular weight is 335 g/mol. The topological polar surface area (TPSA) is 58.6 Å². The molecule has 6 heteroatoms. The van der Waals surface area contributed by atoms with Crippen molar-refractivity contribution in [3.8, 4) is 0 Å². The van der Waals surface area contributed by atoms with E-state index in [-0.39, 0.29) is 18.6 Å². The van der Waals surface area contributed by atoms with Gasteiger partial charge in [-0.1, -0.05) is 48.5 Å². The number of halogens is 2. The number of ether oxygens (including phenoxy) is 1. The first-order chi connectivity index (χ1) is 11.6. The Balaban J connectivity index is 2.13. The van der Waals surface area contributed by atoms with Crippen LogP contribution in [0.2, 0.25) is 0 Å². The summed E-state index contributed by atoms with van der Waals surface area (Å²) in [7, 11) is 0. The van der Waals surface area contributed by atoms with Crippen LogP contribution in [-0.4, -0.2) is 24.5 Å². The smallest absolute Gasteiger partial charge is 0.408 e. The molecule has 0 radical (unpaired) electrons. The minimum Gasteiger partial charge on any atom is -0.445 e. The number of alkyl carbamates (subject to hydrolysis) is 1. The molecule has 1 atom stereocenters.